The third-order valence-electron chi connectivity index (χ3n) is 4.27. The van der Waals surface area contributed by atoms with Gasteiger partial charge in [0.25, 0.3) is 0 Å². The molecule has 0 aliphatic heterocycles. The lowest BCUT2D eigenvalue weighted by molar-refractivity contribution is -0.0448. The lowest BCUT2D eigenvalue weighted by atomic mass is 9.90. The molecule has 19 heavy (non-hydrogen) atoms. The van der Waals surface area contributed by atoms with Crippen molar-refractivity contribution in [2.75, 3.05) is 13.2 Å². The molecule has 2 saturated carbocycles. The number of hydrogen-bond donors (Lipinski definition) is 2. The topological polar surface area (TPSA) is 41.5 Å². The number of nitrogens with one attached hydrogen (secondary N) is 1. The number of hydrogen-bond acceptors (Lipinski definition) is 3. The molecule has 0 saturated heterocycles. The maximum atomic E-state index is 9.97. The van der Waals surface area contributed by atoms with Crippen LogP contribution in [0.5, 0.6) is 0 Å². The first-order valence-corrected chi connectivity index (χ1v) is 7.38. The van der Waals surface area contributed by atoms with Gasteiger partial charge in [-0.3, -0.25) is 0 Å². The Balaban J connectivity index is 1.75. The largest absolute Gasteiger partial charge is 0.394 e. The van der Waals surface area contributed by atoms with E-state index in [-0.39, 0.29) is 6.61 Å². The van der Waals surface area contributed by atoms with Crippen LogP contribution in [0.2, 0.25) is 0 Å². The van der Waals surface area contributed by atoms with Crippen molar-refractivity contribution in [3.8, 4) is 0 Å². The fourth-order valence-electron chi connectivity index (χ4n) is 2.56. The molecule has 0 aromatic heterocycles. The van der Waals surface area contributed by atoms with Gasteiger partial charge in [-0.1, -0.05) is 30.3 Å². The van der Waals surface area contributed by atoms with Crippen LogP contribution in [0.3, 0.4) is 0 Å². The Morgan fingerprint density at radius 2 is 1.89 bits per heavy atom. The second-order valence-electron chi connectivity index (χ2n) is 5.89. The van der Waals surface area contributed by atoms with E-state index in [1.807, 2.05) is 18.2 Å². The Kier molecular flexibility index (Phi) is 3.87. The molecule has 1 aromatic rings. The average molecular weight is 261 g/mol. The highest BCUT2D eigenvalue weighted by atomic mass is 16.5. The summed E-state index contributed by atoms with van der Waals surface area (Å²) in [7, 11) is 0. The van der Waals surface area contributed by atoms with Crippen molar-refractivity contribution < 1.29 is 9.84 Å². The van der Waals surface area contributed by atoms with Crippen LogP contribution in [0.4, 0.5) is 0 Å². The van der Waals surface area contributed by atoms with Gasteiger partial charge in [0.05, 0.1) is 24.9 Å². The van der Waals surface area contributed by atoms with Gasteiger partial charge in [0.1, 0.15) is 0 Å². The molecule has 104 valence electrons. The maximum Gasteiger partial charge on any atom is 0.0908 e. The summed E-state index contributed by atoms with van der Waals surface area (Å²) in [4.78, 5) is 0. The third-order valence-corrected chi connectivity index (χ3v) is 4.27. The van der Waals surface area contributed by atoms with Crippen LogP contribution in [0, 0.1) is 0 Å². The van der Waals surface area contributed by atoms with E-state index in [4.69, 9.17) is 4.74 Å². The standard InChI is InChI=1S/C16H23NO2/c18-11-16(17-14-9-10-14,12-19-15-7-4-8-15)13-5-2-1-3-6-13/h1-3,5-6,14-15,17-18H,4,7-12H2. The summed E-state index contributed by atoms with van der Waals surface area (Å²) in [6.45, 7) is 0.648. The van der Waals surface area contributed by atoms with Gasteiger partial charge < -0.3 is 15.2 Å². The number of ether oxygens (including phenoxy) is 1. The van der Waals surface area contributed by atoms with Crippen molar-refractivity contribution >= 4 is 0 Å². The molecule has 1 atom stereocenters. The molecule has 2 aliphatic carbocycles. The zero-order valence-electron chi connectivity index (χ0n) is 11.3. The third kappa shape index (κ3) is 2.99. The summed E-state index contributed by atoms with van der Waals surface area (Å²) in [5, 5.41) is 13.6. The highest BCUT2D eigenvalue weighted by molar-refractivity contribution is 5.25. The van der Waals surface area contributed by atoms with E-state index in [0.717, 1.165) is 5.56 Å². The first-order chi connectivity index (χ1) is 9.32. The number of rotatable bonds is 7. The van der Waals surface area contributed by atoms with Crippen molar-refractivity contribution in [3.63, 3.8) is 0 Å². The minimum atomic E-state index is -0.433. The number of aliphatic hydroxyl groups is 1. The molecule has 3 heteroatoms. The maximum absolute atomic E-state index is 9.97. The second-order valence-corrected chi connectivity index (χ2v) is 5.89. The molecule has 2 fully saturated rings. The first-order valence-electron chi connectivity index (χ1n) is 7.38. The van der Waals surface area contributed by atoms with E-state index < -0.39 is 5.54 Å². The van der Waals surface area contributed by atoms with Gasteiger partial charge >= 0.3 is 0 Å². The van der Waals surface area contributed by atoms with Crippen LogP contribution in [-0.2, 0) is 10.3 Å². The van der Waals surface area contributed by atoms with Crippen molar-refractivity contribution in [1.82, 2.24) is 5.32 Å². The SMILES string of the molecule is OCC(COC1CCC1)(NC1CC1)c1ccccc1. The van der Waals surface area contributed by atoms with E-state index in [9.17, 15) is 5.11 Å². The van der Waals surface area contributed by atoms with Crippen LogP contribution in [-0.4, -0.2) is 30.5 Å². The van der Waals surface area contributed by atoms with Gasteiger partial charge in [-0.15, -0.1) is 0 Å². The predicted octanol–water partition coefficient (Wildman–Crippen LogP) is 2.20. The van der Waals surface area contributed by atoms with Crippen molar-refractivity contribution in [2.24, 2.45) is 0 Å². The van der Waals surface area contributed by atoms with E-state index in [1.165, 1.54) is 32.1 Å². The van der Waals surface area contributed by atoms with E-state index in [2.05, 4.69) is 17.4 Å². The normalized spacial score (nSPS) is 22.8. The molecule has 3 nitrogen and oxygen atoms in total. The Bertz CT molecular complexity index is 400. The van der Waals surface area contributed by atoms with Crippen LogP contribution in [0.1, 0.15) is 37.7 Å². The van der Waals surface area contributed by atoms with E-state index in [0.29, 0.717) is 18.8 Å². The molecule has 2 N–H and O–H groups in total. The van der Waals surface area contributed by atoms with Crippen LogP contribution in [0.25, 0.3) is 0 Å². The minimum absolute atomic E-state index is 0.0836. The Morgan fingerprint density at radius 3 is 2.42 bits per heavy atom. The summed E-state index contributed by atoms with van der Waals surface area (Å²) in [6.07, 6.45) is 6.42. The van der Waals surface area contributed by atoms with Gasteiger partial charge in [-0.25, -0.2) is 0 Å². The van der Waals surface area contributed by atoms with E-state index in [1.54, 1.807) is 0 Å². The predicted molar refractivity (Wildman–Crippen MR) is 75.0 cm³/mol. The van der Waals surface area contributed by atoms with Crippen LogP contribution >= 0.6 is 0 Å². The molecule has 1 aromatic carbocycles. The summed E-state index contributed by atoms with van der Waals surface area (Å²) in [6, 6.07) is 10.8. The molecule has 2 aliphatic rings. The van der Waals surface area contributed by atoms with Crippen molar-refractivity contribution in [3.05, 3.63) is 35.9 Å². The zero-order valence-corrected chi connectivity index (χ0v) is 11.3. The molecule has 0 radical (unpaired) electrons. The molecule has 0 bridgehead atoms. The smallest absolute Gasteiger partial charge is 0.0908 e. The average Bonchev–Trinajstić information content (AvgIpc) is 3.20. The lowest BCUT2D eigenvalue weighted by Gasteiger charge is -2.37. The zero-order chi connectivity index (χ0) is 13.1. The fourth-order valence-corrected chi connectivity index (χ4v) is 2.56. The Morgan fingerprint density at radius 1 is 1.16 bits per heavy atom. The molecular weight excluding hydrogens is 238 g/mol. The molecule has 0 spiro atoms. The number of benzene rings is 1. The molecule has 0 amide bonds. The Hall–Kier alpha value is -0.900. The molecule has 0 heterocycles. The lowest BCUT2D eigenvalue weighted by Crippen LogP contribution is -2.51. The summed E-state index contributed by atoms with van der Waals surface area (Å²) in [5.74, 6) is 0. The van der Waals surface area contributed by atoms with Crippen LogP contribution in [0.15, 0.2) is 30.3 Å². The van der Waals surface area contributed by atoms with Gasteiger partial charge in [0, 0.05) is 6.04 Å². The summed E-state index contributed by atoms with van der Waals surface area (Å²) in [5.41, 5.74) is 0.696. The van der Waals surface area contributed by atoms with Crippen LogP contribution < -0.4 is 5.32 Å². The summed E-state index contributed by atoms with van der Waals surface area (Å²) < 4.78 is 5.99. The number of aliphatic hydroxyl groups excluding tert-OH is 1. The van der Waals surface area contributed by atoms with Gasteiger partial charge in [0.15, 0.2) is 0 Å². The Labute approximate surface area is 115 Å². The van der Waals surface area contributed by atoms with Gasteiger partial charge in [0.2, 0.25) is 0 Å². The fraction of sp³-hybridized carbons (Fsp3) is 0.625. The molecular formula is C16H23NO2. The van der Waals surface area contributed by atoms with Gasteiger partial charge in [-0.05, 0) is 37.7 Å². The monoisotopic (exact) mass is 261 g/mol. The molecule has 1 unspecified atom stereocenters. The quantitative estimate of drug-likeness (QED) is 0.790. The van der Waals surface area contributed by atoms with Gasteiger partial charge in [-0.2, -0.15) is 0 Å². The van der Waals surface area contributed by atoms with E-state index >= 15 is 0 Å². The van der Waals surface area contributed by atoms with Crippen molar-refractivity contribution in [2.45, 2.75) is 49.8 Å². The highest BCUT2D eigenvalue weighted by Gasteiger charge is 2.38. The summed E-state index contributed by atoms with van der Waals surface area (Å²) >= 11 is 0. The second kappa shape index (κ2) is 5.61. The minimum Gasteiger partial charge on any atom is -0.394 e. The van der Waals surface area contributed by atoms with Crippen molar-refractivity contribution in [1.29, 1.82) is 0 Å². The highest BCUT2D eigenvalue weighted by Crippen LogP contribution is 2.31. The first kappa shape index (κ1) is 13.1. The molecule has 3 rings (SSSR count).